The molecule has 3 unspecified atom stereocenters. The number of benzene rings is 2. The van der Waals surface area contributed by atoms with Gasteiger partial charge in [0.1, 0.15) is 6.04 Å². The summed E-state index contributed by atoms with van der Waals surface area (Å²) in [5, 5.41) is 16.4. The molecular formula is C29H35N3O4S. The Morgan fingerprint density at radius 2 is 1.89 bits per heavy atom. The van der Waals surface area contributed by atoms with Gasteiger partial charge in [0.2, 0.25) is 17.7 Å². The number of aliphatic hydroxyl groups is 1. The highest BCUT2D eigenvalue weighted by Gasteiger charge is 2.76. The number of rotatable bonds is 7. The molecule has 3 fully saturated rings. The highest BCUT2D eigenvalue weighted by molar-refractivity contribution is 8.02. The zero-order valence-electron chi connectivity index (χ0n) is 21.7. The first-order chi connectivity index (χ1) is 17.7. The van der Waals surface area contributed by atoms with Gasteiger partial charge in [-0.1, -0.05) is 49.4 Å². The summed E-state index contributed by atoms with van der Waals surface area (Å²) in [6.45, 7) is 5.74. The summed E-state index contributed by atoms with van der Waals surface area (Å²) >= 11 is 1.64. The van der Waals surface area contributed by atoms with Gasteiger partial charge in [0.25, 0.3) is 0 Å². The third-order valence-electron chi connectivity index (χ3n) is 8.55. The third kappa shape index (κ3) is 4.05. The number of hydrogen-bond acceptors (Lipinski definition) is 5. The number of thioether (sulfide) groups is 1. The van der Waals surface area contributed by atoms with E-state index in [0.29, 0.717) is 12.1 Å². The Hall–Kier alpha value is -2.84. The van der Waals surface area contributed by atoms with Crippen LogP contribution in [-0.4, -0.2) is 63.5 Å². The summed E-state index contributed by atoms with van der Waals surface area (Å²) in [4.78, 5) is 43.2. The first-order valence-corrected chi connectivity index (χ1v) is 13.8. The van der Waals surface area contributed by atoms with Crippen molar-refractivity contribution in [1.82, 2.24) is 10.2 Å². The van der Waals surface area contributed by atoms with Crippen LogP contribution in [0.15, 0.2) is 48.5 Å². The number of carbonyl (C=O) groups is 3. The van der Waals surface area contributed by atoms with Gasteiger partial charge >= 0.3 is 0 Å². The van der Waals surface area contributed by atoms with E-state index in [1.54, 1.807) is 23.7 Å². The van der Waals surface area contributed by atoms with Crippen molar-refractivity contribution < 1.29 is 19.5 Å². The maximum Gasteiger partial charge on any atom is 0.248 e. The van der Waals surface area contributed by atoms with E-state index in [1.165, 1.54) is 0 Å². The highest BCUT2D eigenvalue weighted by Crippen LogP contribution is 2.68. The van der Waals surface area contributed by atoms with Crippen molar-refractivity contribution in [3.8, 4) is 0 Å². The van der Waals surface area contributed by atoms with Crippen LogP contribution in [0.3, 0.4) is 0 Å². The fourth-order valence-electron chi connectivity index (χ4n) is 6.83. The van der Waals surface area contributed by atoms with E-state index >= 15 is 0 Å². The quantitative estimate of drug-likeness (QED) is 0.521. The van der Waals surface area contributed by atoms with Crippen LogP contribution < -0.4 is 10.6 Å². The average molecular weight is 522 g/mol. The molecule has 3 heterocycles. The Morgan fingerprint density at radius 3 is 2.57 bits per heavy atom. The first kappa shape index (κ1) is 25.8. The molecule has 1 spiro atoms. The van der Waals surface area contributed by atoms with Gasteiger partial charge in [0, 0.05) is 18.0 Å². The van der Waals surface area contributed by atoms with Crippen LogP contribution in [0, 0.1) is 31.6 Å². The number of aliphatic hydroxyl groups excluding tert-OH is 1. The monoisotopic (exact) mass is 521 g/mol. The first-order valence-electron chi connectivity index (χ1n) is 13.0. The molecule has 3 amide bonds. The number of nitrogens with zero attached hydrogens (tertiary/aromatic N) is 1. The molecule has 3 N–H and O–H groups in total. The van der Waals surface area contributed by atoms with Crippen molar-refractivity contribution in [3.05, 3.63) is 65.2 Å². The SMILES string of the molecule is CNC(=O)[C@@H]1[C@@H]2CC(C)C3(S2)C(C(=O)Nc2cc(C)ccc2C)N([C@@H](CO)Cc2ccccc2)C(=O)[C@H]13. The summed E-state index contributed by atoms with van der Waals surface area (Å²) in [5.74, 6) is -1.64. The van der Waals surface area contributed by atoms with E-state index in [2.05, 4.69) is 17.6 Å². The standard InChI is InChI=1S/C29H35N3O4S/c1-16-10-11-17(2)21(12-16)31-27(35)25-29-18(3)13-22(37-29)23(26(34)30-4)24(29)28(36)32(25)20(15-33)14-19-8-6-5-7-9-19/h5-12,18,20,22-25,33H,13-15H2,1-4H3,(H,30,34)(H,31,35)/t18?,20-,22+,23-,24+,25?,29?/m1/s1. The van der Waals surface area contributed by atoms with E-state index in [1.807, 2.05) is 62.4 Å². The van der Waals surface area contributed by atoms with Crippen LogP contribution >= 0.6 is 11.8 Å². The van der Waals surface area contributed by atoms with Crippen molar-refractivity contribution in [1.29, 1.82) is 0 Å². The minimum absolute atomic E-state index is 0.0104. The van der Waals surface area contributed by atoms with Gasteiger partial charge < -0.3 is 20.6 Å². The van der Waals surface area contributed by atoms with E-state index in [9.17, 15) is 19.5 Å². The molecule has 7 atom stereocenters. The summed E-state index contributed by atoms with van der Waals surface area (Å²) in [6.07, 6.45) is 1.20. The molecule has 3 aliphatic heterocycles. The van der Waals surface area contributed by atoms with Crippen LogP contribution in [0.25, 0.3) is 0 Å². The number of nitrogens with one attached hydrogen (secondary N) is 2. The summed E-state index contributed by atoms with van der Waals surface area (Å²) in [5.41, 5.74) is 3.66. The van der Waals surface area contributed by atoms with Crippen molar-refractivity contribution >= 4 is 35.2 Å². The fourth-order valence-corrected chi connectivity index (χ4v) is 9.24. The maximum absolute atomic E-state index is 14.3. The second kappa shape index (κ2) is 9.80. The smallest absolute Gasteiger partial charge is 0.248 e. The fraction of sp³-hybridized carbons (Fsp3) is 0.483. The van der Waals surface area contributed by atoms with Crippen LogP contribution in [0.5, 0.6) is 0 Å². The van der Waals surface area contributed by atoms with Gasteiger partial charge in [0.15, 0.2) is 0 Å². The lowest BCUT2D eigenvalue weighted by molar-refractivity contribution is -0.142. The van der Waals surface area contributed by atoms with Gasteiger partial charge in [-0.3, -0.25) is 14.4 Å². The van der Waals surface area contributed by atoms with Crippen LogP contribution in [0.2, 0.25) is 0 Å². The molecule has 3 aliphatic rings. The van der Waals surface area contributed by atoms with E-state index in [0.717, 1.165) is 23.1 Å². The number of carbonyl (C=O) groups excluding carboxylic acids is 3. The zero-order valence-corrected chi connectivity index (χ0v) is 22.5. The lowest BCUT2D eigenvalue weighted by Gasteiger charge is -2.40. The molecule has 0 saturated carbocycles. The van der Waals surface area contributed by atoms with E-state index in [-0.39, 0.29) is 35.5 Å². The molecule has 0 aromatic heterocycles. The molecule has 2 bridgehead atoms. The molecule has 7 nitrogen and oxygen atoms in total. The Balaban J connectivity index is 1.59. The zero-order chi connectivity index (χ0) is 26.5. The van der Waals surface area contributed by atoms with Crippen LogP contribution in [0.4, 0.5) is 5.69 Å². The topological polar surface area (TPSA) is 98.7 Å². The number of amides is 3. The molecule has 196 valence electrons. The Bertz CT molecular complexity index is 1220. The number of likely N-dealkylation sites (tertiary alicyclic amines) is 1. The summed E-state index contributed by atoms with van der Waals surface area (Å²) in [6, 6.07) is 14.2. The van der Waals surface area contributed by atoms with E-state index < -0.39 is 28.7 Å². The molecule has 0 radical (unpaired) electrons. The highest BCUT2D eigenvalue weighted by atomic mass is 32.2. The van der Waals surface area contributed by atoms with Gasteiger partial charge in [-0.05, 0) is 55.4 Å². The Morgan fingerprint density at radius 1 is 1.16 bits per heavy atom. The summed E-state index contributed by atoms with van der Waals surface area (Å²) in [7, 11) is 1.60. The Labute approximate surface area is 222 Å². The lowest BCUT2D eigenvalue weighted by atomic mass is 9.66. The molecule has 3 saturated heterocycles. The van der Waals surface area contributed by atoms with Crippen molar-refractivity contribution in [2.75, 3.05) is 19.0 Å². The molecule has 2 aromatic carbocycles. The minimum Gasteiger partial charge on any atom is -0.394 e. The number of aryl methyl sites for hydroxylation is 2. The minimum atomic E-state index is -0.801. The molecular weight excluding hydrogens is 486 g/mol. The van der Waals surface area contributed by atoms with Crippen molar-refractivity contribution in [2.45, 2.75) is 55.7 Å². The normalized spacial score (nSPS) is 30.8. The largest absolute Gasteiger partial charge is 0.394 e. The van der Waals surface area contributed by atoms with Gasteiger partial charge in [0.05, 0.1) is 29.2 Å². The van der Waals surface area contributed by atoms with Crippen molar-refractivity contribution in [2.24, 2.45) is 17.8 Å². The molecule has 37 heavy (non-hydrogen) atoms. The van der Waals surface area contributed by atoms with Crippen LogP contribution in [-0.2, 0) is 20.8 Å². The van der Waals surface area contributed by atoms with Gasteiger partial charge in [-0.15, -0.1) is 11.8 Å². The molecule has 0 aliphatic carbocycles. The third-order valence-corrected chi connectivity index (χ3v) is 10.6. The number of hydrogen-bond donors (Lipinski definition) is 3. The second-order valence-electron chi connectivity index (χ2n) is 10.7. The van der Waals surface area contributed by atoms with Crippen molar-refractivity contribution in [3.63, 3.8) is 0 Å². The van der Waals surface area contributed by atoms with Gasteiger partial charge in [-0.2, -0.15) is 0 Å². The Kier molecular flexibility index (Phi) is 6.83. The number of anilines is 1. The number of fused-ring (bicyclic) bond motifs is 1. The second-order valence-corrected chi connectivity index (χ2v) is 12.3. The average Bonchev–Trinajstić information content (AvgIpc) is 3.48. The summed E-state index contributed by atoms with van der Waals surface area (Å²) < 4.78 is -0.731. The molecule has 8 heteroatoms. The van der Waals surface area contributed by atoms with Gasteiger partial charge in [-0.25, -0.2) is 0 Å². The molecule has 2 aromatic rings. The predicted octanol–water partition coefficient (Wildman–Crippen LogP) is 2.93. The maximum atomic E-state index is 14.3. The lowest BCUT2D eigenvalue weighted by Crippen LogP contribution is -2.57. The molecule has 5 rings (SSSR count). The van der Waals surface area contributed by atoms with E-state index in [4.69, 9.17) is 0 Å². The predicted molar refractivity (Wildman–Crippen MR) is 145 cm³/mol. The van der Waals surface area contributed by atoms with Crippen LogP contribution in [0.1, 0.15) is 30.0 Å².